The van der Waals surface area contributed by atoms with Crippen LogP contribution in [0.2, 0.25) is 0 Å². The number of methoxy groups -OCH3 is 1. The molecule has 78 valence electrons. The molecule has 2 N–H and O–H groups in total. The van der Waals surface area contributed by atoms with Crippen molar-refractivity contribution >= 4 is 22.6 Å². The molecule has 0 atom stereocenters. The third kappa shape index (κ3) is 4.21. The minimum absolute atomic E-state index is 0.167. The van der Waals surface area contributed by atoms with Crippen LogP contribution in [0.3, 0.4) is 0 Å². The quantitative estimate of drug-likeness (QED) is 0.601. The van der Waals surface area contributed by atoms with E-state index in [1.807, 2.05) is 0 Å². The normalized spacial score (nSPS) is 10.1. The fraction of sp³-hybridized carbons (Fsp3) is 0.667. The highest BCUT2D eigenvalue weighted by Crippen LogP contribution is 2.03. The molecule has 0 saturated heterocycles. The molecular formula is C6H11N5O2S. The van der Waals surface area contributed by atoms with Gasteiger partial charge in [-0.3, -0.25) is 10.1 Å². The average Bonchev–Trinajstić information content (AvgIpc) is 2.65. The smallest absolute Gasteiger partial charge is 0.240 e. The molecule has 0 aliphatic carbocycles. The second-order valence-electron chi connectivity index (χ2n) is 2.39. The van der Waals surface area contributed by atoms with Crippen LogP contribution in [0, 0.1) is 0 Å². The van der Waals surface area contributed by atoms with Gasteiger partial charge in [0, 0.05) is 25.2 Å². The maximum atomic E-state index is 11.2. The van der Waals surface area contributed by atoms with Gasteiger partial charge in [-0.2, -0.15) is 0 Å². The Balaban J connectivity index is 2.11. The number of carbonyl (C=O) groups excluding carboxylic acids is 1. The lowest BCUT2D eigenvalue weighted by molar-refractivity contribution is -0.115. The van der Waals surface area contributed by atoms with E-state index in [-0.39, 0.29) is 12.5 Å². The highest BCUT2D eigenvalue weighted by molar-refractivity contribution is 7.09. The van der Waals surface area contributed by atoms with Crippen molar-refractivity contribution in [2.24, 2.45) is 0 Å². The number of amides is 1. The van der Waals surface area contributed by atoms with Gasteiger partial charge in [0.25, 0.3) is 0 Å². The minimum Gasteiger partial charge on any atom is -0.383 e. The molecule has 0 aliphatic heterocycles. The van der Waals surface area contributed by atoms with Crippen molar-refractivity contribution in [3.8, 4) is 0 Å². The van der Waals surface area contributed by atoms with Crippen LogP contribution in [0.25, 0.3) is 0 Å². The molecular weight excluding hydrogens is 206 g/mol. The van der Waals surface area contributed by atoms with E-state index in [0.29, 0.717) is 18.3 Å². The molecule has 0 aliphatic rings. The van der Waals surface area contributed by atoms with Crippen molar-refractivity contribution in [1.82, 2.24) is 20.1 Å². The Kier molecular flexibility index (Phi) is 4.97. The van der Waals surface area contributed by atoms with E-state index in [2.05, 4.69) is 25.4 Å². The first-order valence-electron chi connectivity index (χ1n) is 3.97. The summed E-state index contributed by atoms with van der Waals surface area (Å²) in [4.78, 5) is 11.2. The number of rotatable bonds is 6. The lowest BCUT2D eigenvalue weighted by Gasteiger charge is -2.02. The van der Waals surface area contributed by atoms with E-state index >= 15 is 0 Å². The molecule has 1 amide bonds. The van der Waals surface area contributed by atoms with Gasteiger partial charge >= 0.3 is 0 Å². The lowest BCUT2D eigenvalue weighted by atomic mass is 10.5. The molecule has 0 radical (unpaired) electrons. The standard InChI is InChI=1S/C6H11N5O2S/c1-13-3-2-7-4-5(12)8-6-9-10-11-14-6/h7H,2-4H2,1H3,(H,8,9,11,12). The van der Waals surface area contributed by atoms with Gasteiger partial charge in [-0.05, 0) is 5.21 Å². The number of nitrogens with one attached hydrogen (secondary N) is 2. The van der Waals surface area contributed by atoms with Crippen molar-refractivity contribution in [3.63, 3.8) is 0 Å². The number of anilines is 1. The Labute approximate surface area is 85.0 Å². The highest BCUT2D eigenvalue weighted by Gasteiger charge is 2.03. The Hall–Kier alpha value is -1.12. The largest absolute Gasteiger partial charge is 0.383 e. The molecule has 0 aromatic carbocycles. The van der Waals surface area contributed by atoms with E-state index in [9.17, 15) is 4.79 Å². The zero-order valence-electron chi connectivity index (χ0n) is 7.69. The van der Waals surface area contributed by atoms with Gasteiger partial charge in [0.2, 0.25) is 11.0 Å². The lowest BCUT2D eigenvalue weighted by Crippen LogP contribution is -2.30. The fourth-order valence-corrected chi connectivity index (χ4v) is 1.10. The van der Waals surface area contributed by atoms with Crippen LogP contribution in [-0.4, -0.2) is 47.5 Å². The topological polar surface area (TPSA) is 89.0 Å². The zero-order valence-corrected chi connectivity index (χ0v) is 8.50. The molecule has 0 saturated carbocycles. The van der Waals surface area contributed by atoms with E-state index < -0.39 is 0 Å². The van der Waals surface area contributed by atoms with Crippen molar-refractivity contribution < 1.29 is 9.53 Å². The first-order chi connectivity index (χ1) is 6.83. The van der Waals surface area contributed by atoms with Crippen LogP contribution >= 0.6 is 11.5 Å². The summed E-state index contributed by atoms with van der Waals surface area (Å²) in [7, 11) is 1.61. The molecule has 0 bridgehead atoms. The Morgan fingerprint density at radius 2 is 2.50 bits per heavy atom. The molecule has 0 unspecified atom stereocenters. The third-order valence-electron chi connectivity index (χ3n) is 1.31. The zero-order chi connectivity index (χ0) is 10.2. The summed E-state index contributed by atoms with van der Waals surface area (Å²) < 4.78 is 8.32. The monoisotopic (exact) mass is 217 g/mol. The van der Waals surface area contributed by atoms with Crippen molar-refractivity contribution in [1.29, 1.82) is 0 Å². The van der Waals surface area contributed by atoms with Crippen molar-refractivity contribution in [2.75, 3.05) is 32.1 Å². The van der Waals surface area contributed by atoms with Gasteiger partial charge < -0.3 is 10.1 Å². The molecule has 0 spiro atoms. The SMILES string of the molecule is COCCNCC(=O)Nc1nnns1. The van der Waals surface area contributed by atoms with Crippen molar-refractivity contribution in [2.45, 2.75) is 0 Å². The fourth-order valence-electron chi connectivity index (χ4n) is 0.721. The third-order valence-corrected chi connectivity index (χ3v) is 1.83. The molecule has 8 heteroatoms. The average molecular weight is 217 g/mol. The Morgan fingerprint density at radius 3 is 3.14 bits per heavy atom. The van der Waals surface area contributed by atoms with E-state index in [1.165, 1.54) is 0 Å². The summed E-state index contributed by atoms with van der Waals surface area (Å²) >= 11 is 1.04. The number of nitrogens with zero attached hydrogens (tertiary/aromatic N) is 3. The summed E-state index contributed by atoms with van der Waals surface area (Å²) in [5.74, 6) is -0.167. The van der Waals surface area contributed by atoms with Gasteiger partial charge in [0.15, 0.2) is 0 Å². The van der Waals surface area contributed by atoms with Crippen molar-refractivity contribution in [3.05, 3.63) is 0 Å². The second-order valence-corrected chi connectivity index (χ2v) is 3.12. The number of aromatic nitrogens is 3. The Morgan fingerprint density at radius 1 is 1.64 bits per heavy atom. The van der Waals surface area contributed by atoms with Crippen LogP contribution in [0.5, 0.6) is 0 Å². The molecule has 1 aromatic heterocycles. The summed E-state index contributed by atoms with van der Waals surface area (Å²) in [5, 5.41) is 12.8. The van der Waals surface area contributed by atoms with Gasteiger partial charge in [-0.25, -0.2) is 0 Å². The first kappa shape index (κ1) is 11.0. The highest BCUT2D eigenvalue weighted by atomic mass is 32.1. The summed E-state index contributed by atoms with van der Waals surface area (Å²) in [5.41, 5.74) is 0. The number of hydrogen-bond acceptors (Lipinski definition) is 7. The van der Waals surface area contributed by atoms with Crippen LogP contribution in [-0.2, 0) is 9.53 Å². The molecule has 7 nitrogen and oxygen atoms in total. The van der Waals surface area contributed by atoms with E-state index in [1.54, 1.807) is 7.11 Å². The summed E-state index contributed by atoms with van der Waals surface area (Å²) in [6.45, 7) is 1.44. The maximum Gasteiger partial charge on any atom is 0.240 e. The van der Waals surface area contributed by atoms with Crippen LogP contribution in [0.4, 0.5) is 5.13 Å². The predicted molar refractivity (Wildman–Crippen MR) is 51.1 cm³/mol. The van der Waals surface area contributed by atoms with Gasteiger partial charge in [-0.1, -0.05) is 9.59 Å². The predicted octanol–water partition coefficient (Wildman–Crippen LogP) is -0.892. The second kappa shape index (κ2) is 6.35. The van der Waals surface area contributed by atoms with Crippen LogP contribution in [0.1, 0.15) is 0 Å². The molecule has 1 rings (SSSR count). The number of hydrogen-bond donors (Lipinski definition) is 2. The molecule has 14 heavy (non-hydrogen) atoms. The maximum absolute atomic E-state index is 11.2. The molecule has 1 heterocycles. The Bertz CT molecular complexity index is 265. The summed E-state index contributed by atoms with van der Waals surface area (Å²) in [6, 6.07) is 0. The number of carbonyl (C=O) groups is 1. The van der Waals surface area contributed by atoms with E-state index in [0.717, 1.165) is 11.5 Å². The van der Waals surface area contributed by atoms with Crippen LogP contribution < -0.4 is 10.6 Å². The first-order valence-corrected chi connectivity index (χ1v) is 4.75. The molecule has 0 fully saturated rings. The van der Waals surface area contributed by atoms with Crippen LogP contribution in [0.15, 0.2) is 0 Å². The minimum atomic E-state index is -0.167. The molecule has 1 aromatic rings. The summed E-state index contributed by atoms with van der Waals surface area (Å²) in [6.07, 6.45) is 0. The van der Waals surface area contributed by atoms with Gasteiger partial charge in [0.1, 0.15) is 0 Å². The van der Waals surface area contributed by atoms with Gasteiger partial charge in [-0.15, -0.1) is 0 Å². The van der Waals surface area contributed by atoms with Gasteiger partial charge in [0.05, 0.1) is 13.2 Å². The number of ether oxygens (including phenoxy) is 1. The van der Waals surface area contributed by atoms with E-state index in [4.69, 9.17) is 4.74 Å².